The fourth-order valence-electron chi connectivity index (χ4n) is 4.37. The molecule has 0 bridgehead atoms. The Morgan fingerprint density at radius 3 is 2.35 bits per heavy atom. The van der Waals surface area contributed by atoms with Gasteiger partial charge in [-0.15, -0.1) is 0 Å². The maximum absolute atomic E-state index is 9.85. The zero-order valence-corrected chi connectivity index (χ0v) is 15.2. The van der Waals surface area contributed by atoms with E-state index in [0.717, 1.165) is 30.4 Å². The van der Waals surface area contributed by atoms with Crippen molar-refractivity contribution in [1.82, 2.24) is 0 Å². The van der Waals surface area contributed by atoms with Gasteiger partial charge in [0.2, 0.25) is 5.41 Å². The number of hydrogen-bond donors (Lipinski definition) is 1. The molecule has 4 heteroatoms. The minimum atomic E-state index is -1.52. The number of hydrogen-bond acceptors (Lipinski definition) is 4. The summed E-state index contributed by atoms with van der Waals surface area (Å²) in [4.78, 5) is 0. The number of allylic oxidation sites excluding steroid dienone is 3. The molecule has 0 amide bonds. The lowest BCUT2D eigenvalue weighted by Gasteiger charge is -2.43. The quantitative estimate of drug-likeness (QED) is 0.818. The molecule has 0 spiro atoms. The van der Waals surface area contributed by atoms with E-state index in [4.69, 9.17) is 5.73 Å². The molecule has 0 unspecified atom stereocenters. The van der Waals surface area contributed by atoms with Gasteiger partial charge in [-0.3, -0.25) is 0 Å². The lowest BCUT2D eigenvalue weighted by Crippen LogP contribution is -2.41. The monoisotopic (exact) mass is 342 g/mol. The predicted octanol–water partition coefficient (Wildman–Crippen LogP) is 4.09. The SMILES string of the molecule is CCc1ccc([C@H]2C(C#N)=C(N)C(C#N)(C#N)C3=CC[C@@H](C)C[C@H]32)cc1. The predicted molar refractivity (Wildman–Crippen MR) is 99.0 cm³/mol. The third-order valence-corrected chi connectivity index (χ3v) is 5.84. The summed E-state index contributed by atoms with van der Waals surface area (Å²) in [5.41, 5.74) is 8.28. The molecule has 2 N–H and O–H groups in total. The van der Waals surface area contributed by atoms with Gasteiger partial charge in [-0.05, 0) is 47.8 Å². The summed E-state index contributed by atoms with van der Waals surface area (Å²) in [6.45, 7) is 4.27. The van der Waals surface area contributed by atoms with Crippen LogP contribution in [0.25, 0.3) is 0 Å². The molecule has 0 radical (unpaired) electrons. The maximum atomic E-state index is 9.85. The van der Waals surface area contributed by atoms with Crippen molar-refractivity contribution < 1.29 is 0 Å². The molecule has 0 heterocycles. The second kappa shape index (κ2) is 6.70. The van der Waals surface area contributed by atoms with E-state index in [1.54, 1.807) is 0 Å². The summed E-state index contributed by atoms with van der Waals surface area (Å²) in [6, 6.07) is 14.7. The Morgan fingerprint density at radius 1 is 1.15 bits per heavy atom. The van der Waals surface area contributed by atoms with Crippen LogP contribution in [0.15, 0.2) is 47.2 Å². The van der Waals surface area contributed by atoms with Gasteiger partial charge in [0, 0.05) is 5.92 Å². The zero-order valence-electron chi connectivity index (χ0n) is 15.2. The normalized spacial score (nSPS) is 26.7. The molecule has 0 saturated carbocycles. The van der Waals surface area contributed by atoms with Crippen molar-refractivity contribution in [3.63, 3.8) is 0 Å². The van der Waals surface area contributed by atoms with Crippen LogP contribution in [0.5, 0.6) is 0 Å². The summed E-state index contributed by atoms with van der Waals surface area (Å²) < 4.78 is 0. The van der Waals surface area contributed by atoms with Gasteiger partial charge in [0.05, 0.1) is 29.5 Å². The summed E-state index contributed by atoms with van der Waals surface area (Å²) >= 11 is 0. The third kappa shape index (κ3) is 2.49. The maximum Gasteiger partial charge on any atom is 0.204 e. The Morgan fingerprint density at radius 2 is 1.81 bits per heavy atom. The Hall–Kier alpha value is -3.03. The molecule has 4 nitrogen and oxygen atoms in total. The van der Waals surface area contributed by atoms with Gasteiger partial charge < -0.3 is 5.73 Å². The fourth-order valence-corrected chi connectivity index (χ4v) is 4.37. The first-order valence-electron chi connectivity index (χ1n) is 9.04. The molecule has 26 heavy (non-hydrogen) atoms. The molecule has 0 fully saturated rings. The topological polar surface area (TPSA) is 97.4 Å². The highest BCUT2D eigenvalue weighted by molar-refractivity contribution is 5.58. The molecule has 130 valence electrons. The highest BCUT2D eigenvalue weighted by Gasteiger charge is 2.52. The van der Waals surface area contributed by atoms with Crippen molar-refractivity contribution in [1.29, 1.82) is 15.8 Å². The van der Waals surface area contributed by atoms with Crippen LogP contribution in [0.4, 0.5) is 0 Å². The third-order valence-electron chi connectivity index (χ3n) is 5.84. The minimum absolute atomic E-state index is 0.0486. The van der Waals surface area contributed by atoms with Crippen molar-refractivity contribution in [2.75, 3.05) is 0 Å². The number of fused-ring (bicyclic) bond motifs is 1. The molecule has 0 saturated heterocycles. The van der Waals surface area contributed by atoms with Crippen LogP contribution in [0.3, 0.4) is 0 Å². The first kappa shape index (κ1) is 17.8. The van der Waals surface area contributed by atoms with Gasteiger partial charge in [0.25, 0.3) is 0 Å². The molecule has 2 aliphatic rings. The van der Waals surface area contributed by atoms with E-state index in [1.807, 2.05) is 6.08 Å². The van der Waals surface area contributed by atoms with E-state index in [1.165, 1.54) is 5.56 Å². The van der Waals surface area contributed by atoms with Crippen LogP contribution >= 0.6 is 0 Å². The van der Waals surface area contributed by atoms with Crippen molar-refractivity contribution in [3.8, 4) is 18.2 Å². The van der Waals surface area contributed by atoms with E-state index in [2.05, 4.69) is 56.3 Å². The van der Waals surface area contributed by atoms with Crippen molar-refractivity contribution in [2.45, 2.75) is 39.0 Å². The lowest BCUT2D eigenvalue weighted by molar-refractivity contribution is 0.334. The van der Waals surface area contributed by atoms with Gasteiger partial charge in [0.1, 0.15) is 0 Å². The summed E-state index contributed by atoms with van der Waals surface area (Å²) in [7, 11) is 0. The second-order valence-electron chi connectivity index (χ2n) is 7.33. The van der Waals surface area contributed by atoms with E-state index in [9.17, 15) is 15.8 Å². The van der Waals surface area contributed by atoms with Crippen LogP contribution in [0.2, 0.25) is 0 Å². The Kier molecular flexibility index (Phi) is 4.58. The highest BCUT2D eigenvalue weighted by Crippen LogP contribution is 2.55. The smallest absolute Gasteiger partial charge is 0.204 e. The first-order chi connectivity index (χ1) is 12.5. The fraction of sp³-hybridized carbons (Fsp3) is 0.409. The summed E-state index contributed by atoms with van der Waals surface area (Å²) in [5.74, 6) is 0.192. The number of nitrogens with zero attached hydrogens (tertiary/aromatic N) is 3. The summed E-state index contributed by atoms with van der Waals surface area (Å²) in [6.07, 6.45) is 4.63. The average Bonchev–Trinajstić information content (AvgIpc) is 2.68. The highest BCUT2D eigenvalue weighted by atomic mass is 14.7. The Balaban J connectivity index is 2.26. The average molecular weight is 342 g/mol. The number of nitrogens with two attached hydrogens (primary N) is 1. The Labute approximate surface area is 154 Å². The van der Waals surface area contributed by atoms with Gasteiger partial charge in [-0.2, -0.15) is 15.8 Å². The van der Waals surface area contributed by atoms with Crippen molar-refractivity contribution >= 4 is 0 Å². The van der Waals surface area contributed by atoms with Crippen LogP contribution in [-0.2, 0) is 6.42 Å². The Bertz CT molecular complexity index is 885. The number of nitriles is 3. The van der Waals surface area contributed by atoms with Crippen LogP contribution < -0.4 is 5.73 Å². The standard InChI is InChI=1S/C22H22N4/c1-3-15-5-7-16(8-6-15)20-17-10-14(2)4-9-19(17)22(12-24,13-25)21(26)18(20)11-23/h5-9,14,17,20H,3-4,10,26H2,1-2H3/t14-,17-,20-/m1/s1. The number of rotatable bonds is 2. The number of aryl methyl sites for hydroxylation is 1. The molecule has 1 aromatic rings. The minimum Gasteiger partial charge on any atom is -0.399 e. The van der Waals surface area contributed by atoms with E-state index in [0.29, 0.717) is 11.5 Å². The molecular weight excluding hydrogens is 320 g/mol. The van der Waals surface area contributed by atoms with E-state index in [-0.39, 0.29) is 17.5 Å². The van der Waals surface area contributed by atoms with Gasteiger partial charge in [-0.1, -0.05) is 44.2 Å². The molecule has 3 atom stereocenters. The van der Waals surface area contributed by atoms with Gasteiger partial charge >= 0.3 is 0 Å². The molecule has 1 aromatic carbocycles. The second-order valence-corrected chi connectivity index (χ2v) is 7.33. The summed E-state index contributed by atoms with van der Waals surface area (Å²) in [5, 5.41) is 29.5. The van der Waals surface area contributed by atoms with Crippen molar-refractivity contribution in [2.24, 2.45) is 23.0 Å². The molecule has 2 aliphatic carbocycles. The first-order valence-corrected chi connectivity index (χ1v) is 9.04. The molecule has 3 rings (SSSR count). The van der Waals surface area contributed by atoms with Gasteiger partial charge in [0.15, 0.2) is 0 Å². The lowest BCUT2D eigenvalue weighted by atomic mass is 9.57. The molecular formula is C22H22N4. The largest absolute Gasteiger partial charge is 0.399 e. The number of benzene rings is 1. The van der Waals surface area contributed by atoms with E-state index < -0.39 is 5.41 Å². The van der Waals surface area contributed by atoms with Crippen molar-refractivity contribution in [3.05, 3.63) is 58.3 Å². The van der Waals surface area contributed by atoms with Gasteiger partial charge in [-0.25, -0.2) is 0 Å². The zero-order chi connectivity index (χ0) is 18.9. The van der Waals surface area contributed by atoms with Crippen LogP contribution in [0, 0.1) is 51.2 Å². The van der Waals surface area contributed by atoms with E-state index >= 15 is 0 Å². The molecule has 0 aromatic heterocycles. The van der Waals surface area contributed by atoms with Crippen LogP contribution in [0.1, 0.15) is 43.7 Å². The molecule has 0 aliphatic heterocycles. The van der Waals surface area contributed by atoms with Crippen LogP contribution in [-0.4, -0.2) is 0 Å².